The molecular formula is C15H14FNO. The molecule has 0 heterocycles. The van der Waals surface area contributed by atoms with Gasteiger partial charge in [0.05, 0.1) is 13.7 Å². The van der Waals surface area contributed by atoms with Crippen LogP contribution in [0.1, 0.15) is 11.1 Å². The maximum Gasteiger partial charge on any atom is 0.123 e. The zero-order valence-corrected chi connectivity index (χ0v) is 10.1. The highest BCUT2D eigenvalue weighted by molar-refractivity contribution is 5.79. The van der Waals surface area contributed by atoms with E-state index in [0.717, 1.165) is 16.9 Å². The van der Waals surface area contributed by atoms with Crippen molar-refractivity contribution in [2.24, 2.45) is 4.99 Å². The van der Waals surface area contributed by atoms with E-state index < -0.39 is 0 Å². The van der Waals surface area contributed by atoms with Crippen LogP contribution in [0.4, 0.5) is 4.39 Å². The van der Waals surface area contributed by atoms with Crippen LogP contribution in [-0.2, 0) is 6.54 Å². The number of methoxy groups -OCH3 is 1. The minimum atomic E-state index is -0.224. The van der Waals surface area contributed by atoms with Crippen LogP contribution in [0.3, 0.4) is 0 Å². The summed E-state index contributed by atoms with van der Waals surface area (Å²) in [5.74, 6) is 0.601. The van der Waals surface area contributed by atoms with E-state index in [4.69, 9.17) is 4.74 Å². The van der Waals surface area contributed by atoms with Crippen molar-refractivity contribution >= 4 is 6.21 Å². The van der Waals surface area contributed by atoms with Crippen LogP contribution < -0.4 is 4.74 Å². The molecule has 0 N–H and O–H groups in total. The molecule has 0 unspecified atom stereocenters. The first-order valence-corrected chi connectivity index (χ1v) is 5.66. The highest BCUT2D eigenvalue weighted by Crippen LogP contribution is 2.10. The number of hydrogen-bond donors (Lipinski definition) is 0. The minimum Gasteiger partial charge on any atom is -0.497 e. The highest BCUT2D eigenvalue weighted by atomic mass is 19.1. The van der Waals surface area contributed by atoms with Crippen molar-refractivity contribution < 1.29 is 9.13 Å². The molecular weight excluding hydrogens is 229 g/mol. The summed E-state index contributed by atoms with van der Waals surface area (Å²) in [5, 5.41) is 0. The smallest absolute Gasteiger partial charge is 0.123 e. The van der Waals surface area contributed by atoms with Crippen molar-refractivity contribution in [3.63, 3.8) is 0 Å². The van der Waals surface area contributed by atoms with E-state index in [0.29, 0.717) is 6.54 Å². The van der Waals surface area contributed by atoms with Gasteiger partial charge < -0.3 is 4.74 Å². The zero-order valence-electron chi connectivity index (χ0n) is 10.1. The maximum atomic E-state index is 12.7. The monoisotopic (exact) mass is 243 g/mol. The van der Waals surface area contributed by atoms with Gasteiger partial charge in [0.2, 0.25) is 0 Å². The van der Waals surface area contributed by atoms with E-state index in [1.807, 2.05) is 24.3 Å². The van der Waals surface area contributed by atoms with Gasteiger partial charge in [-0.2, -0.15) is 0 Å². The van der Waals surface area contributed by atoms with E-state index in [9.17, 15) is 4.39 Å². The average molecular weight is 243 g/mol. The lowest BCUT2D eigenvalue weighted by molar-refractivity contribution is 0.415. The fourth-order valence-electron chi connectivity index (χ4n) is 1.54. The highest BCUT2D eigenvalue weighted by Gasteiger charge is 1.93. The van der Waals surface area contributed by atoms with E-state index >= 15 is 0 Å². The molecule has 2 nitrogen and oxygen atoms in total. The topological polar surface area (TPSA) is 21.6 Å². The summed E-state index contributed by atoms with van der Waals surface area (Å²) in [7, 11) is 1.64. The second kappa shape index (κ2) is 5.96. The number of ether oxygens (including phenoxy) is 1. The molecule has 0 amide bonds. The average Bonchev–Trinajstić information content (AvgIpc) is 2.42. The van der Waals surface area contributed by atoms with Gasteiger partial charge in [-0.3, -0.25) is 4.99 Å². The molecule has 0 fully saturated rings. The first kappa shape index (κ1) is 12.3. The molecule has 18 heavy (non-hydrogen) atoms. The lowest BCUT2D eigenvalue weighted by Crippen LogP contribution is -1.86. The lowest BCUT2D eigenvalue weighted by atomic mass is 10.2. The van der Waals surface area contributed by atoms with Gasteiger partial charge in [0.1, 0.15) is 11.6 Å². The minimum absolute atomic E-state index is 0.224. The summed E-state index contributed by atoms with van der Waals surface area (Å²) in [6.07, 6.45) is 1.79. The number of aliphatic imine (C=N–C) groups is 1. The Morgan fingerprint density at radius 1 is 1.06 bits per heavy atom. The number of hydrogen-bond acceptors (Lipinski definition) is 2. The molecule has 3 heteroatoms. The quantitative estimate of drug-likeness (QED) is 0.754. The molecule has 0 aliphatic heterocycles. The molecule has 0 bridgehead atoms. The second-order valence-electron chi connectivity index (χ2n) is 3.87. The van der Waals surface area contributed by atoms with Gasteiger partial charge in [0.25, 0.3) is 0 Å². The summed E-state index contributed by atoms with van der Waals surface area (Å²) < 4.78 is 17.8. The summed E-state index contributed by atoms with van der Waals surface area (Å²) in [6, 6.07) is 14.0. The second-order valence-corrected chi connectivity index (χ2v) is 3.87. The van der Waals surface area contributed by atoms with E-state index in [1.165, 1.54) is 12.1 Å². The molecule has 0 aromatic heterocycles. The van der Waals surface area contributed by atoms with Gasteiger partial charge in [-0.25, -0.2) is 4.39 Å². The fourth-order valence-corrected chi connectivity index (χ4v) is 1.54. The molecule has 0 saturated heterocycles. The SMILES string of the molecule is COc1ccc(C=NCc2ccc(F)cc2)cc1. The van der Waals surface area contributed by atoms with Crippen molar-refractivity contribution in [1.82, 2.24) is 0 Å². The Labute approximate surface area is 106 Å². The van der Waals surface area contributed by atoms with Gasteiger partial charge >= 0.3 is 0 Å². The third-order valence-corrected chi connectivity index (χ3v) is 2.54. The van der Waals surface area contributed by atoms with Crippen LogP contribution in [0.5, 0.6) is 5.75 Å². The molecule has 0 atom stereocenters. The lowest BCUT2D eigenvalue weighted by Gasteiger charge is -1.99. The molecule has 2 rings (SSSR count). The molecule has 0 saturated carbocycles. The Morgan fingerprint density at radius 2 is 1.72 bits per heavy atom. The van der Waals surface area contributed by atoms with Crippen molar-refractivity contribution in [2.75, 3.05) is 7.11 Å². The van der Waals surface area contributed by atoms with E-state index in [-0.39, 0.29) is 5.82 Å². The summed E-state index contributed by atoms with van der Waals surface area (Å²) >= 11 is 0. The largest absolute Gasteiger partial charge is 0.497 e. The van der Waals surface area contributed by atoms with Crippen molar-refractivity contribution in [2.45, 2.75) is 6.54 Å². The predicted molar refractivity (Wildman–Crippen MR) is 70.7 cm³/mol. The Kier molecular flexibility index (Phi) is 4.07. The molecule has 0 aliphatic rings. The molecule has 0 radical (unpaired) electrons. The Bertz CT molecular complexity index is 517. The molecule has 0 spiro atoms. The van der Waals surface area contributed by atoms with Crippen LogP contribution in [-0.4, -0.2) is 13.3 Å². The number of benzene rings is 2. The maximum absolute atomic E-state index is 12.7. The van der Waals surface area contributed by atoms with Crippen LogP contribution in [0.15, 0.2) is 53.5 Å². The number of halogens is 1. The van der Waals surface area contributed by atoms with Gasteiger partial charge in [-0.15, -0.1) is 0 Å². The van der Waals surface area contributed by atoms with Gasteiger partial charge in [0, 0.05) is 6.21 Å². The van der Waals surface area contributed by atoms with Gasteiger partial charge in [-0.05, 0) is 47.5 Å². The van der Waals surface area contributed by atoms with Crippen molar-refractivity contribution in [1.29, 1.82) is 0 Å². The predicted octanol–water partition coefficient (Wildman–Crippen LogP) is 3.45. The summed E-state index contributed by atoms with van der Waals surface area (Å²) in [6.45, 7) is 0.548. The standard InChI is InChI=1S/C15H14FNO/c1-18-15-8-4-13(5-9-15)11-17-10-12-2-6-14(16)7-3-12/h2-9,11H,10H2,1H3. The third kappa shape index (κ3) is 3.42. The molecule has 2 aromatic rings. The Balaban J connectivity index is 1.96. The number of nitrogens with zero attached hydrogens (tertiary/aromatic N) is 1. The first-order valence-electron chi connectivity index (χ1n) is 5.66. The Hall–Kier alpha value is -2.16. The van der Waals surface area contributed by atoms with Crippen LogP contribution >= 0.6 is 0 Å². The van der Waals surface area contributed by atoms with Crippen molar-refractivity contribution in [3.05, 3.63) is 65.5 Å². The van der Waals surface area contributed by atoms with Crippen LogP contribution in [0.2, 0.25) is 0 Å². The van der Waals surface area contributed by atoms with E-state index in [2.05, 4.69) is 4.99 Å². The molecule has 0 aliphatic carbocycles. The molecule has 92 valence electrons. The van der Waals surface area contributed by atoms with E-state index in [1.54, 1.807) is 25.5 Å². The van der Waals surface area contributed by atoms with Gasteiger partial charge in [0.15, 0.2) is 0 Å². The first-order chi connectivity index (χ1) is 8.78. The van der Waals surface area contributed by atoms with Crippen molar-refractivity contribution in [3.8, 4) is 5.75 Å². The fraction of sp³-hybridized carbons (Fsp3) is 0.133. The number of rotatable bonds is 4. The Morgan fingerprint density at radius 3 is 2.33 bits per heavy atom. The molecule has 2 aromatic carbocycles. The summed E-state index contributed by atoms with van der Waals surface area (Å²) in [4.78, 5) is 4.31. The van der Waals surface area contributed by atoms with Crippen LogP contribution in [0, 0.1) is 5.82 Å². The van der Waals surface area contributed by atoms with Crippen LogP contribution in [0.25, 0.3) is 0 Å². The summed E-state index contributed by atoms with van der Waals surface area (Å²) in [5.41, 5.74) is 2.00. The van der Waals surface area contributed by atoms with Gasteiger partial charge in [-0.1, -0.05) is 12.1 Å². The zero-order chi connectivity index (χ0) is 12.8. The normalized spacial score (nSPS) is 10.8. The third-order valence-electron chi connectivity index (χ3n) is 2.54.